The van der Waals surface area contributed by atoms with Gasteiger partial charge in [0.15, 0.2) is 0 Å². The van der Waals surface area contributed by atoms with Crippen molar-refractivity contribution in [3.8, 4) is 6.07 Å². The van der Waals surface area contributed by atoms with E-state index in [1.54, 1.807) is 6.20 Å². The summed E-state index contributed by atoms with van der Waals surface area (Å²) in [5.41, 5.74) is 4.33. The lowest BCUT2D eigenvalue weighted by molar-refractivity contribution is 0.742. The molecule has 0 radical (unpaired) electrons. The summed E-state index contributed by atoms with van der Waals surface area (Å²) in [7, 11) is 0. The summed E-state index contributed by atoms with van der Waals surface area (Å²) in [6.45, 7) is 0. The van der Waals surface area contributed by atoms with E-state index in [1.165, 1.54) is 23.9 Å². The standard InChI is InChI=1S/C12H11N3/c13-8-10-7-9-3-1-2-4-11-12(9)15(10)6-5-14-11/h5-7H,1-4H2. The number of rotatable bonds is 0. The Balaban J connectivity index is 2.42. The van der Waals surface area contributed by atoms with E-state index in [1.807, 2.05) is 16.7 Å². The second kappa shape index (κ2) is 3.09. The number of aryl methyl sites for hydroxylation is 2. The Labute approximate surface area is 88.0 Å². The third-order valence-corrected chi connectivity index (χ3v) is 3.06. The average molecular weight is 197 g/mol. The quantitative estimate of drug-likeness (QED) is 0.648. The first-order chi connectivity index (χ1) is 7.40. The zero-order valence-electron chi connectivity index (χ0n) is 8.40. The molecule has 2 aromatic heterocycles. The zero-order chi connectivity index (χ0) is 10.3. The normalized spacial score (nSPS) is 14.9. The number of nitrogens with zero attached hydrogens (tertiary/aromatic N) is 3. The highest BCUT2D eigenvalue weighted by atomic mass is 14.9. The van der Waals surface area contributed by atoms with E-state index in [0.29, 0.717) is 0 Å². The van der Waals surface area contributed by atoms with Crippen LogP contribution in [0, 0.1) is 11.3 Å². The molecule has 2 aromatic rings. The van der Waals surface area contributed by atoms with Gasteiger partial charge >= 0.3 is 0 Å². The molecule has 3 nitrogen and oxygen atoms in total. The minimum absolute atomic E-state index is 0.727. The Morgan fingerprint density at radius 3 is 3.07 bits per heavy atom. The zero-order valence-corrected chi connectivity index (χ0v) is 8.40. The topological polar surface area (TPSA) is 41.1 Å². The second-order valence-electron chi connectivity index (χ2n) is 3.97. The largest absolute Gasteiger partial charge is 0.305 e. The van der Waals surface area contributed by atoms with Gasteiger partial charge in [-0.3, -0.25) is 4.98 Å². The van der Waals surface area contributed by atoms with Gasteiger partial charge in [-0.05, 0) is 37.3 Å². The molecule has 1 aliphatic carbocycles. The lowest BCUT2D eigenvalue weighted by Crippen LogP contribution is -1.95. The fourth-order valence-corrected chi connectivity index (χ4v) is 2.38. The van der Waals surface area contributed by atoms with E-state index >= 15 is 0 Å². The molecule has 0 unspecified atom stereocenters. The third kappa shape index (κ3) is 1.15. The van der Waals surface area contributed by atoms with Crippen molar-refractivity contribution in [2.45, 2.75) is 25.7 Å². The van der Waals surface area contributed by atoms with Gasteiger partial charge < -0.3 is 4.40 Å². The predicted molar refractivity (Wildman–Crippen MR) is 56.5 cm³/mol. The lowest BCUT2D eigenvalue weighted by Gasteiger charge is -2.01. The van der Waals surface area contributed by atoms with E-state index in [2.05, 4.69) is 11.1 Å². The Bertz CT molecular complexity index is 560. The Morgan fingerprint density at radius 1 is 1.33 bits per heavy atom. The maximum absolute atomic E-state index is 9.03. The van der Waals surface area contributed by atoms with E-state index < -0.39 is 0 Å². The molecular weight excluding hydrogens is 186 g/mol. The third-order valence-electron chi connectivity index (χ3n) is 3.06. The molecule has 1 aliphatic rings. The molecule has 3 heteroatoms. The predicted octanol–water partition coefficient (Wildman–Crippen LogP) is 2.08. The molecule has 0 aromatic carbocycles. The molecule has 3 rings (SSSR count). The van der Waals surface area contributed by atoms with Gasteiger partial charge in [0, 0.05) is 12.4 Å². The van der Waals surface area contributed by atoms with Crippen molar-refractivity contribution >= 4 is 5.52 Å². The van der Waals surface area contributed by atoms with Crippen LogP contribution >= 0.6 is 0 Å². The van der Waals surface area contributed by atoms with Crippen LogP contribution in [0.25, 0.3) is 5.52 Å². The molecule has 0 fully saturated rings. The first kappa shape index (κ1) is 8.49. The molecule has 0 saturated heterocycles. The summed E-state index contributed by atoms with van der Waals surface area (Å²) in [5, 5.41) is 9.03. The summed E-state index contributed by atoms with van der Waals surface area (Å²) >= 11 is 0. The van der Waals surface area contributed by atoms with E-state index in [-0.39, 0.29) is 0 Å². The van der Waals surface area contributed by atoms with Gasteiger partial charge in [0.1, 0.15) is 11.8 Å². The Kier molecular flexibility index (Phi) is 1.75. The van der Waals surface area contributed by atoms with E-state index in [0.717, 1.165) is 24.2 Å². The van der Waals surface area contributed by atoms with Crippen LogP contribution < -0.4 is 0 Å². The van der Waals surface area contributed by atoms with Crippen LogP contribution in [-0.2, 0) is 12.8 Å². The van der Waals surface area contributed by atoms with Crippen LogP contribution in [0.4, 0.5) is 0 Å². The average Bonchev–Trinajstić information content (AvgIpc) is 2.50. The summed E-state index contributed by atoms with van der Waals surface area (Å²) in [6, 6.07) is 4.24. The minimum atomic E-state index is 0.727. The monoisotopic (exact) mass is 197 g/mol. The minimum Gasteiger partial charge on any atom is -0.305 e. The molecule has 0 N–H and O–H groups in total. The summed E-state index contributed by atoms with van der Waals surface area (Å²) in [5.74, 6) is 0. The first-order valence-electron chi connectivity index (χ1n) is 5.28. The summed E-state index contributed by atoms with van der Waals surface area (Å²) in [4.78, 5) is 4.41. The van der Waals surface area contributed by atoms with Crippen LogP contribution in [0.3, 0.4) is 0 Å². The maximum Gasteiger partial charge on any atom is 0.125 e. The molecule has 0 amide bonds. The highest BCUT2D eigenvalue weighted by Crippen LogP contribution is 2.25. The lowest BCUT2D eigenvalue weighted by atomic mass is 10.1. The van der Waals surface area contributed by atoms with Crippen molar-refractivity contribution in [2.75, 3.05) is 0 Å². The van der Waals surface area contributed by atoms with Crippen molar-refractivity contribution < 1.29 is 0 Å². The molecule has 2 heterocycles. The molecule has 0 atom stereocenters. The molecule has 0 spiro atoms. The fraction of sp³-hybridized carbons (Fsp3) is 0.333. The Hall–Kier alpha value is -1.82. The Morgan fingerprint density at radius 2 is 2.20 bits per heavy atom. The highest BCUT2D eigenvalue weighted by molar-refractivity contribution is 5.63. The van der Waals surface area contributed by atoms with Crippen LogP contribution in [0.15, 0.2) is 18.5 Å². The molecule has 15 heavy (non-hydrogen) atoms. The van der Waals surface area contributed by atoms with Gasteiger partial charge in [-0.15, -0.1) is 0 Å². The van der Waals surface area contributed by atoms with Crippen LogP contribution in [0.1, 0.15) is 29.8 Å². The second-order valence-corrected chi connectivity index (χ2v) is 3.97. The van der Waals surface area contributed by atoms with Gasteiger partial charge in [0.25, 0.3) is 0 Å². The number of nitriles is 1. The first-order valence-corrected chi connectivity index (χ1v) is 5.28. The van der Waals surface area contributed by atoms with Gasteiger partial charge in [-0.1, -0.05) is 0 Å². The molecule has 0 bridgehead atoms. The van der Waals surface area contributed by atoms with Crippen molar-refractivity contribution in [1.82, 2.24) is 9.38 Å². The van der Waals surface area contributed by atoms with E-state index in [4.69, 9.17) is 5.26 Å². The summed E-state index contributed by atoms with van der Waals surface area (Å²) in [6.07, 6.45) is 8.17. The number of hydrogen-bond donors (Lipinski definition) is 0. The van der Waals surface area contributed by atoms with Gasteiger partial charge in [0.05, 0.1) is 11.2 Å². The van der Waals surface area contributed by atoms with Crippen molar-refractivity contribution in [3.63, 3.8) is 0 Å². The number of aromatic nitrogens is 2. The molecule has 74 valence electrons. The fourth-order valence-electron chi connectivity index (χ4n) is 2.38. The maximum atomic E-state index is 9.03. The molecule has 0 saturated carbocycles. The van der Waals surface area contributed by atoms with Gasteiger partial charge in [-0.2, -0.15) is 5.26 Å². The van der Waals surface area contributed by atoms with Gasteiger partial charge in [-0.25, -0.2) is 0 Å². The number of hydrogen-bond acceptors (Lipinski definition) is 2. The van der Waals surface area contributed by atoms with Crippen molar-refractivity contribution in [1.29, 1.82) is 5.26 Å². The smallest absolute Gasteiger partial charge is 0.125 e. The van der Waals surface area contributed by atoms with Crippen LogP contribution in [-0.4, -0.2) is 9.38 Å². The van der Waals surface area contributed by atoms with Crippen LogP contribution in [0.5, 0.6) is 0 Å². The molecular formula is C12H11N3. The van der Waals surface area contributed by atoms with Crippen molar-refractivity contribution in [2.24, 2.45) is 0 Å². The SMILES string of the molecule is N#Cc1cc2c3c(nccn13)CCCC2. The van der Waals surface area contributed by atoms with Crippen LogP contribution in [0.2, 0.25) is 0 Å². The highest BCUT2D eigenvalue weighted by Gasteiger charge is 2.15. The van der Waals surface area contributed by atoms with Crippen molar-refractivity contribution in [3.05, 3.63) is 35.4 Å². The summed E-state index contributed by atoms with van der Waals surface area (Å²) < 4.78 is 1.98. The molecule has 0 aliphatic heterocycles. The van der Waals surface area contributed by atoms with E-state index in [9.17, 15) is 0 Å². The van der Waals surface area contributed by atoms with Gasteiger partial charge in [0.2, 0.25) is 0 Å².